The Morgan fingerprint density at radius 2 is 1.60 bits per heavy atom. The molecule has 0 aromatic heterocycles. The molecule has 5 heteroatoms. The topological polar surface area (TPSA) is 46.6 Å². The fourth-order valence-electron chi connectivity index (χ4n) is 3.27. The lowest BCUT2D eigenvalue weighted by Crippen LogP contribution is -2.42. The summed E-state index contributed by atoms with van der Waals surface area (Å²) in [6, 6.07) is 22.8. The number of nitrogens with zero attached hydrogens (tertiary/aromatic N) is 1. The minimum Gasteiger partial charge on any atom is -0.371 e. The van der Waals surface area contributed by atoms with Crippen molar-refractivity contribution in [1.29, 1.82) is 0 Å². The van der Waals surface area contributed by atoms with Crippen LogP contribution in [0.4, 0.5) is 0 Å². The van der Waals surface area contributed by atoms with Crippen molar-refractivity contribution >= 4 is 20.8 Å². The van der Waals surface area contributed by atoms with Crippen LogP contribution >= 0.6 is 0 Å². The Labute approximate surface area is 147 Å². The van der Waals surface area contributed by atoms with Crippen LogP contribution in [-0.4, -0.2) is 32.4 Å². The summed E-state index contributed by atoms with van der Waals surface area (Å²) in [6.45, 7) is 1.09. The highest BCUT2D eigenvalue weighted by Gasteiger charge is 2.32. The number of fused-ring (bicyclic) bond motifs is 1. The molecule has 0 unspecified atom stereocenters. The predicted molar refractivity (Wildman–Crippen MR) is 97.8 cm³/mol. The SMILES string of the molecule is O=S(=O)(c1cccc2ccccc12)N1CCO[C@@H](c2ccccc2)C1. The molecule has 4 nitrogen and oxygen atoms in total. The molecule has 25 heavy (non-hydrogen) atoms. The second-order valence-electron chi connectivity index (χ2n) is 6.11. The molecule has 0 saturated carbocycles. The van der Waals surface area contributed by atoms with E-state index in [1.54, 1.807) is 12.1 Å². The lowest BCUT2D eigenvalue weighted by atomic mass is 10.1. The highest BCUT2D eigenvalue weighted by atomic mass is 32.2. The molecular formula is C20H19NO3S. The summed E-state index contributed by atoms with van der Waals surface area (Å²) in [5.41, 5.74) is 1.00. The second-order valence-corrected chi connectivity index (χ2v) is 8.02. The fourth-order valence-corrected chi connectivity index (χ4v) is 4.91. The standard InChI is InChI=1S/C20H19NO3S/c22-25(23,20-12-6-10-16-7-4-5-11-18(16)20)21-13-14-24-19(15-21)17-8-2-1-3-9-17/h1-12,19H,13-15H2/t19-/m1/s1. The molecule has 3 aromatic carbocycles. The number of morpholine rings is 1. The first-order chi connectivity index (χ1) is 12.2. The van der Waals surface area contributed by atoms with Crippen LogP contribution in [0.2, 0.25) is 0 Å². The predicted octanol–water partition coefficient (Wildman–Crippen LogP) is 3.60. The Balaban J connectivity index is 1.70. The van der Waals surface area contributed by atoms with Gasteiger partial charge in [-0.2, -0.15) is 4.31 Å². The molecule has 0 radical (unpaired) electrons. The highest BCUT2D eigenvalue weighted by Crippen LogP contribution is 2.29. The van der Waals surface area contributed by atoms with Gasteiger partial charge in [-0.05, 0) is 17.0 Å². The van der Waals surface area contributed by atoms with E-state index in [-0.39, 0.29) is 6.10 Å². The van der Waals surface area contributed by atoms with E-state index in [1.165, 1.54) is 4.31 Å². The molecule has 1 atom stereocenters. The van der Waals surface area contributed by atoms with Gasteiger partial charge in [0.05, 0.1) is 17.6 Å². The van der Waals surface area contributed by atoms with Gasteiger partial charge in [0, 0.05) is 18.5 Å². The number of hydrogen-bond acceptors (Lipinski definition) is 3. The molecule has 0 aliphatic carbocycles. The van der Waals surface area contributed by atoms with E-state index >= 15 is 0 Å². The van der Waals surface area contributed by atoms with E-state index in [9.17, 15) is 8.42 Å². The maximum atomic E-state index is 13.2. The zero-order chi connectivity index (χ0) is 17.3. The van der Waals surface area contributed by atoms with E-state index in [1.807, 2.05) is 60.7 Å². The van der Waals surface area contributed by atoms with E-state index in [2.05, 4.69) is 0 Å². The summed E-state index contributed by atoms with van der Waals surface area (Å²) < 4.78 is 33.8. The van der Waals surface area contributed by atoms with Gasteiger partial charge < -0.3 is 4.74 Å². The number of ether oxygens (including phenoxy) is 1. The van der Waals surface area contributed by atoms with E-state index in [4.69, 9.17) is 4.74 Å². The van der Waals surface area contributed by atoms with Crippen LogP contribution in [0.1, 0.15) is 11.7 Å². The zero-order valence-corrected chi connectivity index (χ0v) is 14.5. The molecule has 1 fully saturated rings. The summed E-state index contributed by atoms with van der Waals surface area (Å²) in [4.78, 5) is 0.360. The summed E-state index contributed by atoms with van der Waals surface area (Å²) in [5.74, 6) is 0. The Bertz CT molecular complexity index is 981. The normalized spacial score (nSPS) is 19.1. The first-order valence-corrected chi connectivity index (χ1v) is 9.75. The van der Waals surface area contributed by atoms with Crippen LogP contribution in [0.5, 0.6) is 0 Å². The summed E-state index contributed by atoms with van der Waals surface area (Å²) in [6.07, 6.45) is -0.236. The van der Waals surface area contributed by atoms with Crippen LogP contribution in [0.25, 0.3) is 10.8 Å². The summed E-state index contributed by atoms with van der Waals surface area (Å²) in [7, 11) is -3.58. The molecule has 3 aromatic rings. The average Bonchev–Trinajstić information content (AvgIpc) is 2.68. The first-order valence-electron chi connectivity index (χ1n) is 8.31. The van der Waals surface area contributed by atoms with Gasteiger partial charge in [0.15, 0.2) is 0 Å². The van der Waals surface area contributed by atoms with Gasteiger partial charge >= 0.3 is 0 Å². The largest absolute Gasteiger partial charge is 0.371 e. The molecule has 1 heterocycles. The zero-order valence-electron chi connectivity index (χ0n) is 13.7. The maximum Gasteiger partial charge on any atom is 0.243 e. The van der Waals surface area contributed by atoms with E-state index in [0.29, 0.717) is 24.6 Å². The number of sulfonamides is 1. The van der Waals surface area contributed by atoms with Gasteiger partial charge in [0.2, 0.25) is 10.0 Å². The van der Waals surface area contributed by atoms with Crippen molar-refractivity contribution in [3.05, 3.63) is 78.4 Å². The molecule has 128 valence electrons. The number of benzene rings is 3. The molecule has 1 saturated heterocycles. The van der Waals surface area contributed by atoms with Crippen molar-refractivity contribution in [2.24, 2.45) is 0 Å². The lowest BCUT2D eigenvalue weighted by Gasteiger charge is -2.32. The molecule has 0 N–H and O–H groups in total. The molecule has 1 aliphatic rings. The third kappa shape index (κ3) is 3.06. The first kappa shape index (κ1) is 16.3. The summed E-state index contributed by atoms with van der Waals surface area (Å²) >= 11 is 0. The Morgan fingerprint density at radius 1 is 0.880 bits per heavy atom. The quantitative estimate of drug-likeness (QED) is 0.723. The average molecular weight is 353 g/mol. The van der Waals surface area contributed by atoms with Crippen LogP contribution in [0.3, 0.4) is 0 Å². The number of rotatable bonds is 3. The van der Waals surface area contributed by atoms with Crippen LogP contribution in [0, 0.1) is 0 Å². The Morgan fingerprint density at radius 3 is 2.44 bits per heavy atom. The minimum absolute atomic E-state index is 0.236. The van der Waals surface area contributed by atoms with Crippen molar-refractivity contribution in [3.63, 3.8) is 0 Å². The third-order valence-corrected chi connectivity index (χ3v) is 6.49. The smallest absolute Gasteiger partial charge is 0.243 e. The minimum atomic E-state index is -3.58. The van der Waals surface area contributed by atoms with Crippen LogP contribution in [0.15, 0.2) is 77.7 Å². The van der Waals surface area contributed by atoms with Gasteiger partial charge in [-0.1, -0.05) is 66.7 Å². The molecule has 0 amide bonds. The number of hydrogen-bond donors (Lipinski definition) is 0. The Kier molecular flexibility index (Phi) is 4.29. The van der Waals surface area contributed by atoms with Crippen molar-refractivity contribution < 1.29 is 13.2 Å². The Hall–Kier alpha value is -2.21. The van der Waals surface area contributed by atoms with Crippen molar-refractivity contribution in [2.75, 3.05) is 19.7 Å². The van der Waals surface area contributed by atoms with E-state index < -0.39 is 10.0 Å². The van der Waals surface area contributed by atoms with Crippen molar-refractivity contribution in [2.45, 2.75) is 11.0 Å². The molecule has 0 bridgehead atoms. The van der Waals surface area contributed by atoms with Gasteiger partial charge in [-0.3, -0.25) is 0 Å². The van der Waals surface area contributed by atoms with Crippen LogP contribution < -0.4 is 0 Å². The van der Waals surface area contributed by atoms with Crippen molar-refractivity contribution in [1.82, 2.24) is 4.31 Å². The second kappa shape index (κ2) is 6.59. The van der Waals surface area contributed by atoms with Gasteiger partial charge in [0.25, 0.3) is 0 Å². The molecule has 4 rings (SSSR count). The molecular weight excluding hydrogens is 334 g/mol. The lowest BCUT2D eigenvalue weighted by molar-refractivity contribution is -0.00253. The highest BCUT2D eigenvalue weighted by molar-refractivity contribution is 7.89. The fraction of sp³-hybridized carbons (Fsp3) is 0.200. The molecule has 1 aliphatic heterocycles. The van der Waals surface area contributed by atoms with Crippen LogP contribution in [-0.2, 0) is 14.8 Å². The van der Waals surface area contributed by atoms with Gasteiger partial charge in [-0.15, -0.1) is 0 Å². The maximum absolute atomic E-state index is 13.2. The third-order valence-electron chi connectivity index (χ3n) is 4.57. The van der Waals surface area contributed by atoms with Gasteiger partial charge in [-0.25, -0.2) is 8.42 Å². The van der Waals surface area contributed by atoms with Crippen molar-refractivity contribution in [3.8, 4) is 0 Å². The monoisotopic (exact) mass is 353 g/mol. The summed E-state index contributed by atoms with van der Waals surface area (Å²) in [5, 5.41) is 1.68. The van der Waals surface area contributed by atoms with E-state index in [0.717, 1.165) is 16.3 Å². The molecule has 0 spiro atoms. The van der Waals surface area contributed by atoms with Gasteiger partial charge in [0.1, 0.15) is 0 Å².